The lowest BCUT2D eigenvalue weighted by Crippen LogP contribution is -2.33. The summed E-state index contributed by atoms with van der Waals surface area (Å²) in [6.07, 6.45) is 1.12. The van der Waals surface area contributed by atoms with Gasteiger partial charge in [0.05, 0.1) is 6.04 Å². The van der Waals surface area contributed by atoms with Gasteiger partial charge in [-0.05, 0) is 37.6 Å². The van der Waals surface area contributed by atoms with E-state index >= 15 is 0 Å². The molecule has 116 valence electrons. The quantitative estimate of drug-likeness (QED) is 0.866. The van der Waals surface area contributed by atoms with E-state index in [0.717, 1.165) is 43.6 Å². The Morgan fingerprint density at radius 3 is 2.59 bits per heavy atom. The molecule has 2 aromatic heterocycles. The third kappa shape index (κ3) is 2.02. The van der Waals surface area contributed by atoms with Gasteiger partial charge >= 0.3 is 0 Å². The summed E-state index contributed by atoms with van der Waals surface area (Å²) in [7, 11) is 0. The molecule has 4 heterocycles. The first-order valence-electron chi connectivity index (χ1n) is 7.85. The average Bonchev–Trinajstić information content (AvgIpc) is 3.12. The molecule has 22 heavy (non-hydrogen) atoms. The van der Waals surface area contributed by atoms with Crippen LogP contribution in [0, 0.1) is 5.92 Å². The fourth-order valence-corrected chi connectivity index (χ4v) is 3.86. The first-order valence-corrected chi connectivity index (χ1v) is 7.85. The van der Waals surface area contributed by atoms with Crippen molar-refractivity contribution in [2.24, 2.45) is 11.7 Å². The highest BCUT2D eigenvalue weighted by molar-refractivity contribution is 5.76. The van der Waals surface area contributed by atoms with Crippen LogP contribution in [0.1, 0.15) is 12.5 Å². The number of nitrogens with zero attached hydrogens (tertiary/aromatic N) is 3. The standard InChI is InChI=1S/C16H20N4O2/c17-7-11-5-6-18(8-11)9-13-10-19-14(21)3-1-12-2-4-15(22)20(13)16(12)19/h1-4,11,13H,5-10,17H2/t11-,13+/m0/s1. The van der Waals surface area contributed by atoms with Crippen molar-refractivity contribution < 1.29 is 0 Å². The van der Waals surface area contributed by atoms with Gasteiger partial charge in [-0.25, -0.2) is 0 Å². The molecule has 0 aliphatic carbocycles. The van der Waals surface area contributed by atoms with Crippen molar-refractivity contribution in [1.82, 2.24) is 14.0 Å². The second-order valence-electron chi connectivity index (χ2n) is 6.41. The van der Waals surface area contributed by atoms with Gasteiger partial charge in [0, 0.05) is 37.2 Å². The van der Waals surface area contributed by atoms with Crippen LogP contribution in [0.15, 0.2) is 33.9 Å². The lowest BCUT2D eigenvalue weighted by Gasteiger charge is -2.21. The van der Waals surface area contributed by atoms with Crippen LogP contribution in [0.5, 0.6) is 0 Å². The van der Waals surface area contributed by atoms with E-state index in [4.69, 9.17) is 5.73 Å². The van der Waals surface area contributed by atoms with Crippen molar-refractivity contribution in [1.29, 1.82) is 0 Å². The summed E-state index contributed by atoms with van der Waals surface area (Å²) in [4.78, 5) is 26.8. The van der Waals surface area contributed by atoms with Crippen LogP contribution >= 0.6 is 0 Å². The molecule has 0 amide bonds. The smallest absolute Gasteiger partial charge is 0.252 e. The predicted octanol–water partition coefficient (Wildman–Crippen LogP) is -0.00150. The van der Waals surface area contributed by atoms with Crippen LogP contribution < -0.4 is 16.9 Å². The largest absolute Gasteiger partial charge is 0.330 e. The highest BCUT2D eigenvalue weighted by Crippen LogP contribution is 2.25. The highest BCUT2D eigenvalue weighted by Gasteiger charge is 2.30. The van der Waals surface area contributed by atoms with E-state index < -0.39 is 0 Å². The predicted molar refractivity (Wildman–Crippen MR) is 85.1 cm³/mol. The molecule has 0 spiro atoms. The molecule has 2 aliphatic rings. The van der Waals surface area contributed by atoms with E-state index in [2.05, 4.69) is 4.90 Å². The van der Waals surface area contributed by atoms with E-state index in [1.165, 1.54) is 0 Å². The van der Waals surface area contributed by atoms with Crippen molar-refractivity contribution in [2.45, 2.75) is 19.0 Å². The molecule has 4 rings (SSSR count). The van der Waals surface area contributed by atoms with Crippen LogP contribution in [0.4, 0.5) is 0 Å². The second-order valence-corrected chi connectivity index (χ2v) is 6.41. The van der Waals surface area contributed by atoms with Crippen LogP contribution in [0.25, 0.3) is 11.0 Å². The van der Waals surface area contributed by atoms with Gasteiger partial charge in [-0.3, -0.25) is 18.7 Å². The lowest BCUT2D eigenvalue weighted by atomic mass is 10.1. The van der Waals surface area contributed by atoms with E-state index in [-0.39, 0.29) is 17.2 Å². The lowest BCUT2D eigenvalue weighted by molar-refractivity contribution is 0.265. The van der Waals surface area contributed by atoms with Gasteiger partial charge in [-0.15, -0.1) is 0 Å². The normalized spacial score (nSPS) is 24.4. The summed E-state index contributed by atoms with van der Waals surface area (Å²) < 4.78 is 3.53. The van der Waals surface area contributed by atoms with Crippen LogP contribution in [-0.4, -0.2) is 40.2 Å². The molecule has 6 nitrogen and oxygen atoms in total. The summed E-state index contributed by atoms with van der Waals surface area (Å²) in [6.45, 7) is 4.11. The Kier molecular flexibility index (Phi) is 3.16. The van der Waals surface area contributed by atoms with Crippen molar-refractivity contribution in [3.05, 3.63) is 45.0 Å². The molecule has 0 bridgehead atoms. The Morgan fingerprint density at radius 2 is 1.86 bits per heavy atom. The van der Waals surface area contributed by atoms with E-state index in [1.54, 1.807) is 33.4 Å². The topological polar surface area (TPSA) is 73.3 Å². The van der Waals surface area contributed by atoms with E-state index in [1.807, 2.05) is 0 Å². The van der Waals surface area contributed by atoms with E-state index in [0.29, 0.717) is 12.5 Å². The van der Waals surface area contributed by atoms with Crippen LogP contribution in [0.3, 0.4) is 0 Å². The number of likely N-dealkylation sites (tertiary alicyclic amines) is 1. The van der Waals surface area contributed by atoms with Crippen molar-refractivity contribution in [3.63, 3.8) is 0 Å². The van der Waals surface area contributed by atoms with Crippen LogP contribution in [-0.2, 0) is 6.54 Å². The van der Waals surface area contributed by atoms with Gasteiger partial charge in [0.25, 0.3) is 11.1 Å². The molecule has 1 fully saturated rings. The fraction of sp³-hybridized carbons (Fsp3) is 0.500. The minimum Gasteiger partial charge on any atom is -0.330 e. The van der Waals surface area contributed by atoms with E-state index in [9.17, 15) is 9.59 Å². The van der Waals surface area contributed by atoms with Gasteiger partial charge < -0.3 is 10.6 Å². The van der Waals surface area contributed by atoms with Crippen molar-refractivity contribution in [3.8, 4) is 0 Å². The van der Waals surface area contributed by atoms with Crippen LogP contribution in [0.2, 0.25) is 0 Å². The first-order chi connectivity index (χ1) is 10.7. The van der Waals surface area contributed by atoms with Gasteiger partial charge in [-0.1, -0.05) is 0 Å². The molecular weight excluding hydrogens is 280 g/mol. The molecular formula is C16H20N4O2. The highest BCUT2D eigenvalue weighted by atomic mass is 16.1. The summed E-state index contributed by atoms with van der Waals surface area (Å²) in [5.74, 6) is 0.555. The average molecular weight is 300 g/mol. The zero-order valence-corrected chi connectivity index (χ0v) is 12.4. The van der Waals surface area contributed by atoms with Gasteiger partial charge in [0.1, 0.15) is 5.65 Å². The molecule has 2 aliphatic heterocycles. The Hall–Kier alpha value is -1.92. The Bertz CT molecular complexity index is 833. The monoisotopic (exact) mass is 300 g/mol. The molecule has 0 saturated carbocycles. The SMILES string of the molecule is NC[C@@H]1CCN(C[C@@H]2Cn3c(=O)ccc4ccc(=O)n2c43)C1. The molecule has 2 aromatic rings. The summed E-state index contributed by atoms with van der Waals surface area (Å²) >= 11 is 0. The van der Waals surface area contributed by atoms with Gasteiger partial charge in [0.15, 0.2) is 0 Å². The zero-order chi connectivity index (χ0) is 15.3. The van der Waals surface area contributed by atoms with Crippen molar-refractivity contribution >= 4 is 11.0 Å². The van der Waals surface area contributed by atoms with Gasteiger partial charge in [-0.2, -0.15) is 0 Å². The molecule has 2 atom stereocenters. The maximum absolute atomic E-state index is 12.3. The summed E-state index contributed by atoms with van der Waals surface area (Å²) in [6, 6.07) is 6.81. The molecule has 6 heteroatoms. The summed E-state index contributed by atoms with van der Waals surface area (Å²) in [5, 5.41) is 0.947. The third-order valence-corrected chi connectivity index (χ3v) is 4.99. The molecule has 0 unspecified atom stereocenters. The number of nitrogens with two attached hydrogens (primary N) is 1. The maximum atomic E-state index is 12.3. The van der Waals surface area contributed by atoms with Crippen molar-refractivity contribution in [2.75, 3.05) is 26.2 Å². The number of rotatable bonds is 3. The Labute approximate surface area is 127 Å². The fourth-order valence-electron chi connectivity index (χ4n) is 3.86. The molecule has 1 saturated heterocycles. The molecule has 2 N–H and O–H groups in total. The van der Waals surface area contributed by atoms with Gasteiger partial charge in [0.2, 0.25) is 0 Å². The Morgan fingerprint density at radius 1 is 1.09 bits per heavy atom. The minimum absolute atomic E-state index is 0.0241. The zero-order valence-electron chi connectivity index (χ0n) is 12.4. The molecule has 0 radical (unpaired) electrons. The number of hydrogen-bond acceptors (Lipinski definition) is 4. The Balaban J connectivity index is 1.72. The number of aromatic nitrogens is 2. The number of pyridine rings is 2. The number of hydrogen-bond donors (Lipinski definition) is 1. The summed E-state index contributed by atoms with van der Waals surface area (Å²) in [5.41, 5.74) is 6.46. The molecule has 0 aromatic carbocycles. The minimum atomic E-state index is -0.0318. The maximum Gasteiger partial charge on any atom is 0.252 e. The second kappa shape index (κ2) is 5.07. The first kappa shape index (κ1) is 13.7. The third-order valence-electron chi connectivity index (χ3n) is 4.99.